The molecule has 0 aliphatic carbocycles. The van der Waals surface area contributed by atoms with Gasteiger partial charge in [-0.3, -0.25) is 0 Å². The standard InChI is InChI=1S/C8H12N2.C6H6/c9-6-8(10)7-4-2-1-3-5-7;1-2-4-6-5-3-1/h1-5,8H,6,9-10H2;1-6H. The molecule has 0 heterocycles. The molecule has 0 fully saturated rings. The zero-order valence-corrected chi connectivity index (χ0v) is 9.29. The highest BCUT2D eigenvalue weighted by molar-refractivity contribution is 5.18. The Kier molecular flexibility index (Phi) is 5.92. The third-order valence-corrected chi connectivity index (χ3v) is 2.15. The van der Waals surface area contributed by atoms with E-state index in [1.807, 2.05) is 66.7 Å². The molecule has 2 heteroatoms. The maximum Gasteiger partial charge on any atom is 0.0419 e. The Hall–Kier alpha value is -1.64. The zero-order chi connectivity index (χ0) is 11.6. The lowest BCUT2D eigenvalue weighted by molar-refractivity contribution is 0.737. The lowest BCUT2D eigenvalue weighted by Crippen LogP contribution is -2.20. The summed E-state index contributed by atoms with van der Waals surface area (Å²) in [5, 5.41) is 0. The number of rotatable bonds is 2. The Morgan fingerprint density at radius 2 is 1.12 bits per heavy atom. The van der Waals surface area contributed by atoms with Crippen LogP contribution in [0.2, 0.25) is 0 Å². The molecule has 0 spiro atoms. The monoisotopic (exact) mass is 214 g/mol. The summed E-state index contributed by atoms with van der Waals surface area (Å²) < 4.78 is 0. The van der Waals surface area contributed by atoms with Crippen molar-refractivity contribution in [2.45, 2.75) is 6.04 Å². The normalized spacial score (nSPS) is 11.1. The third kappa shape index (κ3) is 4.73. The van der Waals surface area contributed by atoms with Gasteiger partial charge in [0.2, 0.25) is 0 Å². The number of benzene rings is 2. The molecule has 0 saturated heterocycles. The minimum Gasteiger partial charge on any atom is -0.329 e. The van der Waals surface area contributed by atoms with Gasteiger partial charge in [-0.05, 0) is 5.56 Å². The van der Waals surface area contributed by atoms with E-state index < -0.39 is 0 Å². The summed E-state index contributed by atoms with van der Waals surface area (Å²) in [5.41, 5.74) is 12.2. The molecule has 1 atom stereocenters. The molecule has 2 aromatic carbocycles. The summed E-state index contributed by atoms with van der Waals surface area (Å²) >= 11 is 0. The highest BCUT2D eigenvalue weighted by Gasteiger charge is 1.99. The van der Waals surface area contributed by atoms with E-state index in [1.54, 1.807) is 0 Å². The van der Waals surface area contributed by atoms with Crippen LogP contribution in [0.5, 0.6) is 0 Å². The van der Waals surface area contributed by atoms with Gasteiger partial charge in [0.15, 0.2) is 0 Å². The van der Waals surface area contributed by atoms with Gasteiger partial charge in [0.05, 0.1) is 0 Å². The van der Waals surface area contributed by atoms with Crippen molar-refractivity contribution in [3.63, 3.8) is 0 Å². The van der Waals surface area contributed by atoms with Crippen molar-refractivity contribution in [3.8, 4) is 0 Å². The second-order valence-electron chi connectivity index (χ2n) is 3.41. The summed E-state index contributed by atoms with van der Waals surface area (Å²) in [7, 11) is 0. The molecule has 0 aliphatic heterocycles. The quantitative estimate of drug-likeness (QED) is 0.806. The number of hydrogen-bond donors (Lipinski definition) is 2. The molecule has 0 aliphatic rings. The summed E-state index contributed by atoms with van der Waals surface area (Å²) in [6.07, 6.45) is 0. The molecule has 16 heavy (non-hydrogen) atoms. The van der Waals surface area contributed by atoms with Crippen LogP contribution in [-0.4, -0.2) is 6.54 Å². The Balaban J connectivity index is 0.000000181. The third-order valence-electron chi connectivity index (χ3n) is 2.15. The van der Waals surface area contributed by atoms with Gasteiger partial charge in [0.25, 0.3) is 0 Å². The van der Waals surface area contributed by atoms with E-state index in [0.717, 1.165) is 5.56 Å². The SMILES string of the molecule is NCC(N)c1ccccc1.c1ccccc1. The fraction of sp³-hybridized carbons (Fsp3) is 0.143. The van der Waals surface area contributed by atoms with Gasteiger partial charge in [-0.1, -0.05) is 66.7 Å². The van der Waals surface area contributed by atoms with Crippen molar-refractivity contribution < 1.29 is 0 Å². The molecule has 84 valence electrons. The van der Waals surface area contributed by atoms with Crippen molar-refractivity contribution >= 4 is 0 Å². The highest BCUT2D eigenvalue weighted by atomic mass is 14.7. The van der Waals surface area contributed by atoms with E-state index >= 15 is 0 Å². The van der Waals surface area contributed by atoms with Crippen LogP contribution in [0.25, 0.3) is 0 Å². The van der Waals surface area contributed by atoms with Gasteiger partial charge >= 0.3 is 0 Å². The summed E-state index contributed by atoms with van der Waals surface area (Å²) in [6.45, 7) is 0.504. The fourth-order valence-electron chi connectivity index (χ4n) is 1.22. The average molecular weight is 214 g/mol. The van der Waals surface area contributed by atoms with E-state index in [-0.39, 0.29) is 6.04 Å². The number of nitrogens with two attached hydrogens (primary N) is 2. The van der Waals surface area contributed by atoms with Crippen molar-refractivity contribution in [1.29, 1.82) is 0 Å². The second-order valence-corrected chi connectivity index (χ2v) is 3.41. The minimum absolute atomic E-state index is 0.0128. The van der Waals surface area contributed by atoms with Gasteiger partial charge in [-0.2, -0.15) is 0 Å². The van der Waals surface area contributed by atoms with Crippen LogP contribution >= 0.6 is 0 Å². The predicted molar refractivity (Wildman–Crippen MR) is 68.9 cm³/mol. The molecule has 0 bridgehead atoms. The van der Waals surface area contributed by atoms with Gasteiger partial charge in [0.1, 0.15) is 0 Å². The fourth-order valence-corrected chi connectivity index (χ4v) is 1.22. The van der Waals surface area contributed by atoms with Crippen molar-refractivity contribution in [2.24, 2.45) is 11.5 Å². The molecule has 0 saturated carbocycles. The van der Waals surface area contributed by atoms with Crippen molar-refractivity contribution in [1.82, 2.24) is 0 Å². The van der Waals surface area contributed by atoms with E-state index in [9.17, 15) is 0 Å². The second kappa shape index (κ2) is 7.63. The molecule has 2 aromatic rings. The molecule has 0 amide bonds. The maximum atomic E-state index is 5.67. The van der Waals surface area contributed by atoms with E-state index in [0.29, 0.717) is 6.54 Å². The van der Waals surface area contributed by atoms with Crippen molar-refractivity contribution in [3.05, 3.63) is 72.3 Å². The Bertz CT molecular complexity index is 332. The maximum absolute atomic E-state index is 5.67. The molecule has 2 rings (SSSR count). The summed E-state index contributed by atoms with van der Waals surface area (Å²) in [6, 6.07) is 21.8. The van der Waals surface area contributed by atoms with E-state index in [1.165, 1.54) is 0 Å². The van der Waals surface area contributed by atoms with Crippen LogP contribution in [0.4, 0.5) is 0 Å². The lowest BCUT2D eigenvalue weighted by atomic mass is 10.1. The topological polar surface area (TPSA) is 52.0 Å². The smallest absolute Gasteiger partial charge is 0.0419 e. The molecule has 4 N–H and O–H groups in total. The molecule has 0 aromatic heterocycles. The minimum atomic E-state index is -0.0128. The molecule has 2 nitrogen and oxygen atoms in total. The molecule has 0 radical (unpaired) electrons. The first-order chi connectivity index (χ1) is 7.84. The van der Waals surface area contributed by atoms with Crippen LogP contribution in [0, 0.1) is 0 Å². The lowest BCUT2D eigenvalue weighted by Gasteiger charge is -2.06. The van der Waals surface area contributed by atoms with Gasteiger partial charge in [-0.25, -0.2) is 0 Å². The van der Waals surface area contributed by atoms with Crippen LogP contribution in [0.1, 0.15) is 11.6 Å². The Morgan fingerprint density at radius 1 is 0.750 bits per heavy atom. The van der Waals surface area contributed by atoms with Gasteiger partial charge < -0.3 is 11.5 Å². The van der Waals surface area contributed by atoms with Gasteiger partial charge in [-0.15, -0.1) is 0 Å². The largest absolute Gasteiger partial charge is 0.329 e. The first-order valence-electron chi connectivity index (χ1n) is 5.35. The average Bonchev–Trinajstić information content (AvgIpc) is 2.41. The highest BCUT2D eigenvalue weighted by Crippen LogP contribution is 2.06. The van der Waals surface area contributed by atoms with Crippen LogP contribution in [0.15, 0.2) is 66.7 Å². The molecule has 1 unspecified atom stereocenters. The summed E-state index contributed by atoms with van der Waals surface area (Å²) in [5.74, 6) is 0. The van der Waals surface area contributed by atoms with Crippen molar-refractivity contribution in [2.75, 3.05) is 6.54 Å². The van der Waals surface area contributed by atoms with Crippen LogP contribution < -0.4 is 11.5 Å². The Labute approximate surface area is 96.9 Å². The van der Waals surface area contributed by atoms with Gasteiger partial charge in [0, 0.05) is 12.6 Å². The van der Waals surface area contributed by atoms with Crippen LogP contribution in [0.3, 0.4) is 0 Å². The van der Waals surface area contributed by atoms with E-state index in [2.05, 4.69) is 0 Å². The predicted octanol–water partition coefficient (Wildman–Crippen LogP) is 2.33. The first-order valence-corrected chi connectivity index (χ1v) is 5.35. The van der Waals surface area contributed by atoms with Crippen LogP contribution in [-0.2, 0) is 0 Å². The molecular weight excluding hydrogens is 196 g/mol. The molecular formula is C14H18N2. The number of hydrogen-bond acceptors (Lipinski definition) is 2. The zero-order valence-electron chi connectivity index (χ0n) is 9.29. The first kappa shape index (κ1) is 12.4. The summed E-state index contributed by atoms with van der Waals surface area (Å²) in [4.78, 5) is 0. The Morgan fingerprint density at radius 3 is 1.50 bits per heavy atom. The van der Waals surface area contributed by atoms with E-state index in [4.69, 9.17) is 11.5 Å².